The van der Waals surface area contributed by atoms with Crippen LogP contribution in [0.2, 0.25) is 0 Å². The third-order valence-corrected chi connectivity index (χ3v) is 1.15. The fraction of sp³-hybridized carbons (Fsp3) is 1.00. The van der Waals surface area contributed by atoms with Crippen molar-refractivity contribution in [1.82, 2.24) is 0 Å². The van der Waals surface area contributed by atoms with Crippen molar-refractivity contribution >= 4 is 29.8 Å². The predicted octanol–water partition coefficient (Wildman–Crippen LogP) is -0.671. The maximum absolute atomic E-state index is 5.07. The Bertz CT molecular complexity index is 90.2. The van der Waals surface area contributed by atoms with Gasteiger partial charge in [0.25, 0.3) is 0 Å². The molecule has 0 aromatic carbocycles. The second-order valence-electron chi connectivity index (χ2n) is 3.43. The Morgan fingerprint density at radius 2 is 1.80 bits per heavy atom. The van der Waals surface area contributed by atoms with Gasteiger partial charge in [0.2, 0.25) is 0 Å². The Balaban J connectivity index is 0. The molecule has 0 bridgehead atoms. The van der Waals surface area contributed by atoms with Crippen molar-refractivity contribution in [2.24, 2.45) is 0 Å². The van der Waals surface area contributed by atoms with Crippen molar-refractivity contribution in [1.29, 1.82) is 0 Å². The second kappa shape index (κ2) is 4.59. The van der Waals surface area contributed by atoms with E-state index in [4.69, 9.17) is 4.74 Å². The Labute approximate surface area is 79.7 Å². The first-order valence-electron chi connectivity index (χ1n) is 3.00. The van der Waals surface area contributed by atoms with Gasteiger partial charge >= 0.3 is 0 Å². The number of hydrogen-bond acceptors (Lipinski definition) is 1. The highest BCUT2D eigenvalue weighted by Gasteiger charge is 2.28. The van der Waals surface area contributed by atoms with Crippen LogP contribution in [0.25, 0.3) is 0 Å². The Morgan fingerprint density at radius 1 is 1.40 bits per heavy atom. The number of halogens is 1. The van der Waals surface area contributed by atoms with Gasteiger partial charge in [-0.1, -0.05) is 0 Å². The van der Waals surface area contributed by atoms with Crippen LogP contribution in [0.5, 0.6) is 0 Å². The van der Waals surface area contributed by atoms with E-state index in [0.29, 0.717) is 6.10 Å². The molecule has 1 aliphatic heterocycles. The number of rotatable bonds is 2. The van der Waals surface area contributed by atoms with Crippen LogP contribution in [0.15, 0.2) is 0 Å². The minimum atomic E-state index is 0. The largest absolute Gasteiger partial charge is 0.367 e. The molecule has 62 valence electrons. The molecule has 4 heteroatoms. The third kappa shape index (κ3) is 6.86. The van der Waals surface area contributed by atoms with Gasteiger partial charge < -0.3 is 9.22 Å². The molecule has 0 saturated carbocycles. The molecule has 0 aromatic heterocycles. The fourth-order valence-corrected chi connectivity index (χ4v) is 0.784. The molecule has 1 fully saturated rings. The Hall–Kier alpha value is 0.742. The molecule has 1 rings (SSSR count). The maximum atomic E-state index is 5.07. The lowest BCUT2D eigenvalue weighted by Crippen LogP contribution is -2.37. The monoisotopic (exact) mass is 182 g/mol. The first-order chi connectivity index (χ1) is 3.58. The van der Waals surface area contributed by atoms with E-state index in [1.54, 1.807) is 0 Å². The summed E-state index contributed by atoms with van der Waals surface area (Å²) < 4.78 is 6.09. The van der Waals surface area contributed by atoms with Gasteiger partial charge in [-0.3, -0.25) is 0 Å². The molecule has 1 unspecified atom stereocenters. The minimum Gasteiger partial charge on any atom is -0.367 e. The molecule has 0 spiro atoms. The van der Waals surface area contributed by atoms with Gasteiger partial charge in [-0.05, 0) is 0 Å². The van der Waals surface area contributed by atoms with Gasteiger partial charge in [0.15, 0.2) is 17.4 Å². The van der Waals surface area contributed by atoms with Crippen molar-refractivity contribution in [3.8, 4) is 0 Å². The summed E-state index contributed by atoms with van der Waals surface area (Å²) in [5.41, 5.74) is 0. The molecule has 2 nitrogen and oxygen atoms in total. The zero-order chi connectivity index (χ0) is 6.20. The molecule has 0 aromatic rings. The number of hydrogen-bond donors (Lipinski definition) is 0. The lowest BCUT2D eigenvalue weighted by molar-refractivity contribution is -0.870. The van der Waals surface area contributed by atoms with Crippen LogP contribution < -0.4 is 0 Å². The number of likely N-dealkylation sites (N-methyl/N-ethyl adjacent to an activating group) is 1. The normalized spacial score (nSPS) is 22.5. The summed E-state index contributed by atoms with van der Waals surface area (Å²) in [6.45, 7) is 2.13. The van der Waals surface area contributed by atoms with Crippen molar-refractivity contribution in [3.63, 3.8) is 0 Å². The summed E-state index contributed by atoms with van der Waals surface area (Å²) in [6.07, 6.45) is 0.565. The molecular formula is C6H18AlClNO+. The molecule has 0 N–H and O–H groups in total. The van der Waals surface area contributed by atoms with Crippen LogP contribution in [0.3, 0.4) is 0 Å². The summed E-state index contributed by atoms with van der Waals surface area (Å²) in [6, 6.07) is 0. The zero-order valence-electron chi connectivity index (χ0n) is 6.26. The average molecular weight is 183 g/mol. The highest BCUT2D eigenvalue weighted by atomic mass is 35.5. The number of ether oxygens (including phenoxy) is 1. The van der Waals surface area contributed by atoms with Crippen LogP contribution in [0.1, 0.15) is 0 Å². The lowest BCUT2D eigenvalue weighted by atomic mass is 10.4. The third-order valence-electron chi connectivity index (χ3n) is 1.15. The van der Waals surface area contributed by atoms with E-state index in [-0.39, 0.29) is 29.8 Å². The highest BCUT2D eigenvalue weighted by Crippen LogP contribution is 2.11. The quantitative estimate of drug-likeness (QED) is 0.314. The summed E-state index contributed by atoms with van der Waals surface area (Å²) in [4.78, 5) is 0. The standard InChI is InChI=1S/C6H14NO.Al.ClH.3H/c1-7(2,3)4-6-5-8-6;;;;;/h6H,4-5H2,1-3H3;;1H;;;/q+1;;;;;. The molecule has 1 aliphatic rings. The molecule has 1 atom stereocenters. The van der Waals surface area contributed by atoms with E-state index < -0.39 is 0 Å². The van der Waals surface area contributed by atoms with Crippen molar-refractivity contribution in [2.45, 2.75) is 6.10 Å². The summed E-state index contributed by atoms with van der Waals surface area (Å²) in [5, 5.41) is 0. The van der Waals surface area contributed by atoms with E-state index >= 15 is 0 Å². The summed E-state index contributed by atoms with van der Waals surface area (Å²) in [7, 11) is 6.55. The smallest absolute Gasteiger partial charge is 0.187 e. The molecule has 0 radical (unpaired) electrons. The second-order valence-corrected chi connectivity index (χ2v) is 3.43. The molecule has 1 saturated heterocycles. The molecule has 1 heterocycles. The minimum absolute atomic E-state index is 0. The van der Waals surface area contributed by atoms with E-state index in [1.165, 1.54) is 0 Å². The topological polar surface area (TPSA) is 12.5 Å². The highest BCUT2D eigenvalue weighted by molar-refractivity contribution is 5.85. The SMILES string of the molecule is C[N+](C)(C)CC1CO1.Cl.[AlH3]. The van der Waals surface area contributed by atoms with Gasteiger partial charge in [0.05, 0.1) is 27.7 Å². The average Bonchev–Trinajstić information content (AvgIpc) is 2.12. The number of nitrogens with zero attached hydrogens (tertiary/aromatic N) is 1. The van der Waals surface area contributed by atoms with Gasteiger partial charge in [0, 0.05) is 0 Å². The molecule has 0 aliphatic carbocycles. The predicted molar refractivity (Wildman–Crippen MR) is 49.8 cm³/mol. The van der Waals surface area contributed by atoms with E-state index in [2.05, 4.69) is 21.1 Å². The number of epoxide rings is 1. The van der Waals surface area contributed by atoms with Crippen LogP contribution in [0, 0.1) is 0 Å². The van der Waals surface area contributed by atoms with Gasteiger partial charge in [-0.15, -0.1) is 12.4 Å². The molecular weight excluding hydrogens is 165 g/mol. The Morgan fingerprint density at radius 3 is 1.90 bits per heavy atom. The first-order valence-corrected chi connectivity index (χ1v) is 3.00. The van der Waals surface area contributed by atoms with Crippen molar-refractivity contribution < 1.29 is 9.22 Å². The zero-order valence-corrected chi connectivity index (χ0v) is 7.07. The molecule has 0 amide bonds. The summed E-state index contributed by atoms with van der Waals surface area (Å²) in [5.74, 6) is 0. The Kier molecular flexibility index (Phi) is 6.12. The van der Waals surface area contributed by atoms with Crippen molar-refractivity contribution in [2.75, 3.05) is 34.3 Å². The van der Waals surface area contributed by atoms with E-state index in [0.717, 1.165) is 17.6 Å². The van der Waals surface area contributed by atoms with Gasteiger partial charge in [0.1, 0.15) is 12.6 Å². The molecule has 10 heavy (non-hydrogen) atoms. The van der Waals surface area contributed by atoms with Crippen LogP contribution in [-0.2, 0) is 4.74 Å². The fourth-order valence-electron chi connectivity index (χ4n) is 0.784. The summed E-state index contributed by atoms with van der Waals surface area (Å²) >= 11 is 0. The number of quaternary nitrogens is 1. The van der Waals surface area contributed by atoms with Crippen LogP contribution >= 0.6 is 12.4 Å². The van der Waals surface area contributed by atoms with E-state index in [1.807, 2.05) is 0 Å². The van der Waals surface area contributed by atoms with Crippen LogP contribution in [0.4, 0.5) is 0 Å². The first kappa shape index (κ1) is 13.3. The lowest BCUT2D eigenvalue weighted by Gasteiger charge is -2.22. The van der Waals surface area contributed by atoms with E-state index in [9.17, 15) is 0 Å². The van der Waals surface area contributed by atoms with Gasteiger partial charge in [-0.2, -0.15) is 0 Å². The van der Waals surface area contributed by atoms with Gasteiger partial charge in [-0.25, -0.2) is 0 Å². The van der Waals surface area contributed by atoms with Crippen LogP contribution in [-0.4, -0.2) is 62.2 Å². The van der Waals surface area contributed by atoms with Crippen molar-refractivity contribution in [3.05, 3.63) is 0 Å². The maximum Gasteiger partial charge on any atom is 0.187 e.